The van der Waals surface area contributed by atoms with Gasteiger partial charge in [0, 0.05) is 0 Å². The van der Waals surface area contributed by atoms with E-state index in [1.165, 1.54) is 19.2 Å². The lowest BCUT2D eigenvalue weighted by atomic mass is 10.1. The number of methoxy groups -OCH3 is 1. The van der Waals surface area contributed by atoms with Crippen molar-refractivity contribution in [3.05, 3.63) is 89.7 Å². The van der Waals surface area contributed by atoms with Crippen molar-refractivity contribution in [1.82, 2.24) is 9.97 Å². The number of carbonyl (C=O) groups is 4. The molecule has 3 aromatic carbocycles. The van der Waals surface area contributed by atoms with Gasteiger partial charge in [-0.2, -0.15) is 0 Å². The molecule has 3 amide bonds. The molecular formula is C26H21N5O5. The van der Waals surface area contributed by atoms with Crippen molar-refractivity contribution in [3.8, 4) is 5.75 Å². The normalized spacial score (nSPS) is 10.5. The van der Waals surface area contributed by atoms with Crippen LogP contribution in [0, 0.1) is 0 Å². The first-order valence-corrected chi connectivity index (χ1v) is 10.8. The molecule has 36 heavy (non-hydrogen) atoms. The Morgan fingerprint density at radius 3 is 2.11 bits per heavy atom. The van der Waals surface area contributed by atoms with Crippen LogP contribution < -0.4 is 21.1 Å². The summed E-state index contributed by atoms with van der Waals surface area (Å²) in [6.07, 6.45) is -0.503. The zero-order valence-electron chi connectivity index (χ0n) is 19.1. The van der Waals surface area contributed by atoms with Crippen LogP contribution in [0.25, 0.3) is 11.0 Å². The lowest BCUT2D eigenvalue weighted by Gasteiger charge is -2.12. The average Bonchev–Trinajstić information content (AvgIpc) is 2.88. The first kappa shape index (κ1) is 24.0. The number of hydrogen-bond acceptors (Lipinski definition) is 7. The van der Waals surface area contributed by atoms with E-state index in [0.717, 1.165) is 0 Å². The molecule has 0 unspecified atom stereocenters. The number of nitrogens with zero attached hydrogens (tertiary/aromatic N) is 2. The first-order valence-electron chi connectivity index (χ1n) is 10.8. The molecule has 180 valence electrons. The Kier molecular flexibility index (Phi) is 6.96. The summed E-state index contributed by atoms with van der Waals surface area (Å²) in [5, 5.41) is 5.11. The maximum absolute atomic E-state index is 13.2. The smallest absolute Gasteiger partial charge is 0.292 e. The van der Waals surface area contributed by atoms with E-state index in [4.69, 9.17) is 10.5 Å². The van der Waals surface area contributed by atoms with Crippen molar-refractivity contribution in [2.24, 2.45) is 5.73 Å². The molecule has 0 radical (unpaired) electrons. The predicted octanol–water partition coefficient (Wildman–Crippen LogP) is 2.74. The zero-order chi connectivity index (χ0) is 25.7. The van der Waals surface area contributed by atoms with Crippen LogP contribution in [0.3, 0.4) is 0 Å². The number of carbonyl (C=O) groups excluding carboxylic acids is 4. The van der Waals surface area contributed by atoms with Gasteiger partial charge in [-0.05, 0) is 36.4 Å². The summed E-state index contributed by atoms with van der Waals surface area (Å²) in [6, 6.07) is 19.7. The number of ether oxygens (including phenoxy) is 1. The van der Waals surface area contributed by atoms with Crippen LogP contribution in [0.15, 0.2) is 72.8 Å². The lowest BCUT2D eigenvalue weighted by molar-refractivity contribution is -0.134. The van der Waals surface area contributed by atoms with Gasteiger partial charge in [0.1, 0.15) is 5.75 Å². The number of anilines is 2. The number of amides is 3. The minimum Gasteiger partial charge on any atom is -0.495 e. The molecule has 0 aliphatic rings. The van der Waals surface area contributed by atoms with Gasteiger partial charge in [0.25, 0.3) is 17.7 Å². The number of hydrogen-bond donors (Lipinski definition) is 3. The fourth-order valence-electron chi connectivity index (χ4n) is 3.50. The molecule has 0 bridgehead atoms. The van der Waals surface area contributed by atoms with Gasteiger partial charge in [0.15, 0.2) is 5.69 Å². The summed E-state index contributed by atoms with van der Waals surface area (Å²) in [4.78, 5) is 59.1. The van der Waals surface area contributed by atoms with Crippen LogP contribution in [-0.2, 0) is 16.0 Å². The van der Waals surface area contributed by atoms with Crippen LogP contribution >= 0.6 is 0 Å². The first-order chi connectivity index (χ1) is 17.4. The number of aromatic nitrogens is 2. The van der Waals surface area contributed by atoms with E-state index < -0.39 is 29.9 Å². The maximum Gasteiger partial charge on any atom is 0.292 e. The SMILES string of the molecule is COc1ccccc1NC(=O)c1nc2ccccc2nc1CC(=O)C(=O)Nc1ccccc1C(N)=O. The molecule has 0 spiro atoms. The van der Waals surface area contributed by atoms with Crippen LogP contribution in [-0.4, -0.2) is 40.6 Å². The van der Waals surface area contributed by atoms with E-state index in [0.29, 0.717) is 22.5 Å². The molecule has 4 aromatic rings. The summed E-state index contributed by atoms with van der Waals surface area (Å²) in [6.45, 7) is 0. The van der Waals surface area contributed by atoms with E-state index in [1.807, 2.05) is 0 Å². The third-order valence-electron chi connectivity index (χ3n) is 5.23. The summed E-state index contributed by atoms with van der Waals surface area (Å²) < 4.78 is 5.27. The molecule has 4 N–H and O–H groups in total. The second kappa shape index (κ2) is 10.4. The van der Waals surface area contributed by atoms with Gasteiger partial charge < -0.3 is 21.1 Å². The van der Waals surface area contributed by atoms with E-state index in [2.05, 4.69) is 20.6 Å². The summed E-state index contributed by atoms with van der Waals surface area (Å²) in [7, 11) is 1.47. The van der Waals surface area contributed by atoms with Crippen LogP contribution in [0.5, 0.6) is 5.75 Å². The molecule has 0 fully saturated rings. The second-order valence-corrected chi connectivity index (χ2v) is 7.63. The number of Topliss-reactive ketones (excluding diaryl/α,β-unsaturated/α-hetero) is 1. The molecular weight excluding hydrogens is 462 g/mol. The highest BCUT2D eigenvalue weighted by Gasteiger charge is 2.24. The van der Waals surface area contributed by atoms with Crippen molar-refractivity contribution >= 4 is 45.9 Å². The number of primary amides is 1. The largest absolute Gasteiger partial charge is 0.495 e. The van der Waals surface area contributed by atoms with Crippen LogP contribution in [0.2, 0.25) is 0 Å². The quantitative estimate of drug-likeness (QED) is 0.326. The van der Waals surface area contributed by atoms with Crippen molar-refractivity contribution in [2.45, 2.75) is 6.42 Å². The highest BCUT2D eigenvalue weighted by atomic mass is 16.5. The number of benzene rings is 3. The number of nitrogens with two attached hydrogens (primary N) is 1. The third kappa shape index (κ3) is 5.17. The number of fused-ring (bicyclic) bond motifs is 1. The summed E-state index contributed by atoms with van der Waals surface area (Å²) in [5.74, 6) is -2.82. The van der Waals surface area contributed by atoms with Gasteiger partial charge in [0.2, 0.25) is 5.78 Å². The molecule has 0 atom stereocenters. The van der Waals surface area contributed by atoms with Gasteiger partial charge in [-0.15, -0.1) is 0 Å². The van der Waals surface area contributed by atoms with Gasteiger partial charge in [-0.1, -0.05) is 36.4 Å². The van der Waals surface area contributed by atoms with E-state index in [-0.39, 0.29) is 22.6 Å². The van der Waals surface area contributed by atoms with Crippen molar-refractivity contribution in [2.75, 3.05) is 17.7 Å². The fraction of sp³-hybridized carbons (Fsp3) is 0.0769. The minimum absolute atomic E-state index is 0.0180. The molecule has 1 aromatic heterocycles. The van der Waals surface area contributed by atoms with E-state index in [9.17, 15) is 19.2 Å². The number of para-hydroxylation sites is 5. The Labute approximate surface area is 205 Å². The maximum atomic E-state index is 13.2. The Morgan fingerprint density at radius 2 is 1.42 bits per heavy atom. The highest BCUT2D eigenvalue weighted by molar-refractivity contribution is 6.41. The Hall–Kier alpha value is -5.12. The molecule has 0 aliphatic carbocycles. The Balaban J connectivity index is 1.63. The minimum atomic E-state index is -0.991. The monoisotopic (exact) mass is 483 g/mol. The number of nitrogens with one attached hydrogen (secondary N) is 2. The van der Waals surface area contributed by atoms with Gasteiger partial charge >= 0.3 is 0 Å². The van der Waals surface area contributed by atoms with Crippen molar-refractivity contribution in [1.29, 1.82) is 0 Å². The molecule has 0 saturated heterocycles. The second-order valence-electron chi connectivity index (χ2n) is 7.63. The summed E-state index contributed by atoms with van der Waals surface area (Å²) in [5.41, 5.74) is 6.69. The lowest BCUT2D eigenvalue weighted by Crippen LogP contribution is -2.28. The average molecular weight is 483 g/mol. The molecule has 10 nitrogen and oxygen atoms in total. The van der Waals surface area contributed by atoms with Gasteiger partial charge in [-0.3, -0.25) is 19.2 Å². The summed E-state index contributed by atoms with van der Waals surface area (Å²) >= 11 is 0. The standard InChI is InChI=1S/C26H21N5O5/c1-36-22-13-7-6-12-19(22)31-26(35)23-20(28-17-10-4-5-11-18(17)29-23)14-21(32)25(34)30-16-9-3-2-8-15(16)24(27)33/h2-13H,14H2,1H3,(H2,27,33)(H,30,34)(H,31,35). The van der Waals surface area contributed by atoms with Crippen molar-refractivity contribution < 1.29 is 23.9 Å². The molecule has 10 heteroatoms. The topological polar surface area (TPSA) is 153 Å². The van der Waals surface area contributed by atoms with Crippen LogP contribution in [0.1, 0.15) is 26.5 Å². The Morgan fingerprint density at radius 1 is 0.806 bits per heavy atom. The number of rotatable bonds is 8. The van der Waals surface area contributed by atoms with E-state index >= 15 is 0 Å². The highest BCUT2D eigenvalue weighted by Crippen LogP contribution is 2.24. The Bertz CT molecular complexity index is 1500. The number of ketones is 1. The predicted molar refractivity (Wildman–Crippen MR) is 133 cm³/mol. The van der Waals surface area contributed by atoms with E-state index in [1.54, 1.807) is 60.7 Å². The third-order valence-corrected chi connectivity index (χ3v) is 5.23. The van der Waals surface area contributed by atoms with Crippen LogP contribution in [0.4, 0.5) is 11.4 Å². The molecule has 4 rings (SSSR count). The molecule has 0 aliphatic heterocycles. The van der Waals surface area contributed by atoms with Gasteiger partial charge in [-0.25, -0.2) is 9.97 Å². The van der Waals surface area contributed by atoms with Gasteiger partial charge in [0.05, 0.1) is 47.2 Å². The molecule has 1 heterocycles. The fourth-order valence-corrected chi connectivity index (χ4v) is 3.50. The van der Waals surface area contributed by atoms with Crippen molar-refractivity contribution in [3.63, 3.8) is 0 Å². The zero-order valence-corrected chi connectivity index (χ0v) is 19.1. The molecule has 0 saturated carbocycles.